The average Bonchev–Trinajstić information content (AvgIpc) is 2.80. The van der Waals surface area contributed by atoms with Crippen LogP contribution in [0.4, 0.5) is 14.5 Å². The van der Waals surface area contributed by atoms with E-state index in [2.05, 4.69) is 15.3 Å². The van der Waals surface area contributed by atoms with Crippen LogP contribution in [0.1, 0.15) is 37.5 Å². The number of hydrogen-bond acceptors (Lipinski definition) is 6. The minimum Gasteiger partial charge on any atom is -0.493 e. The van der Waals surface area contributed by atoms with Gasteiger partial charge >= 0.3 is 5.92 Å². The number of hydrogen-bond donors (Lipinski definition) is 2. The number of aliphatic imine (C=N–C) groups is 2. The number of rotatable bonds is 11. The molecule has 0 aromatic heterocycles. The number of halogens is 3. The van der Waals surface area contributed by atoms with E-state index in [0.717, 1.165) is 13.8 Å². The Hall–Kier alpha value is -2.75. The molecular weight excluding hydrogens is 480 g/mol. The molecule has 0 fully saturated rings. The Morgan fingerprint density at radius 1 is 1.17 bits per heavy atom. The Morgan fingerprint density at radius 2 is 1.89 bits per heavy atom. The van der Waals surface area contributed by atoms with Crippen LogP contribution in [0.15, 0.2) is 40.3 Å². The molecule has 0 spiro atoms. The summed E-state index contributed by atoms with van der Waals surface area (Å²) in [5.74, 6) is -2.14. The second kappa shape index (κ2) is 12.3. The fraction of sp³-hybridized carbons (Fsp3) is 0.440. The predicted molar refractivity (Wildman–Crippen MR) is 135 cm³/mol. The molecule has 35 heavy (non-hydrogen) atoms. The summed E-state index contributed by atoms with van der Waals surface area (Å²) >= 11 is 6.35. The number of aliphatic hydroxyl groups is 1. The van der Waals surface area contributed by atoms with Gasteiger partial charge in [-0.15, -0.1) is 0 Å². The zero-order valence-electron chi connectivity index (χ0n) is 20.8. The van der Waals surface area contributed by atoms with Crippen LogP contribution in [0.2, 0.25) is 5.02 Å². The maximum Gasteiger partial charge on any atom is 0.302 e. The van der Waals surface area contributed by atoms with E-state index in [9.17, 15) is 13.9 Å². The van der Waals surface area contributed by atoms with E-state index in [1.165, 1.54) is 19.2 Å². The molecule has 0 aliphatic carbocycles. The summed E-state index contributed by atoms with van der Waals surface area (Å²) in [6, 6.07) is 7.78. The van der Waals surface area contributed by atoms with Gasteiger partial charge in [-0.2, -0.15) is 8.78 Å². The van der Waals surface area contributed by atoms with E-state index < -0.39 is 17.1 Å². The molecule has 0 bridgehead atoms. The van der Waals surface area contributed by atoms with Gasteiger partial charge in [-0.05, 0) is 32.4 Å². The van der Waals surface area contributed by atoms with E-state index >= 15 is 0 Å². The molecule has 0 atom stereocenters. The first-order valence-electron chi connectivity index (χ1n) is 10.9. The quantitative estimate of drug-likeness (QED) is 0.248. The smallest absolute Gasteiger partial charge is 0.302 e. The molecule has 2 aromatic carbocycles. The van der Waals surface area contributed by atoms with E-state index in [0.29, 0.717) is 47.4 Å². The van der Waals surface area contributed by atoms with Crippen molar-refractivity contribution in [3.63, 3.8) is 0 Å². The zero-order valence-corrected chi connectivity index (χ0v) is 21.5. The molecule has 2 rings (SSSR count). The summed E-state index contributed by atoms with van der Waals surface area (Å²) in [6.45, 7) is 4.67. The van der Waals surface area contributed by atoms with E-state index in [-0.39, 0.29) is 11.6 Å². The highest BCUT2D eigenvalue weighted by atomic mass is 35.5. The third-order valence-corrected chi connectivity index (χ3v) is 5.65. The van der Waals surface area contributed by atoms with Crippen molar-refractivity contribution in [2.24, 2.45) is 9.98 Å². The van der Waals surface area contributed by atoms with Crippen molar-refractivity contribution in [3.05, 3.63) is 52.0 Å². The molecule has 0 saturated carbocycles. The topological polar surface area (TPSA) is 84.7 Å². The van der Waals surface area contributed by atoms with Crippen LogP contribution in [0.25, 0.3) is 0 Å². The van der Waals surface area contributed by atoms with Crippen molar-refractivity contribution in [3.8, 4) is 11.5 Å². The summed E-state index contributed by atoms with van der Waals surface area (Å²) < 4.78 is 45.8. The van der Waals surface area contributed by atoms with E-state index in [4.69, 9.17) is 25.8 Å². The van der Waals surface area contributed by atoms with Gasteiger partial charge in [0.2, 0.25) is 0 Å². The lowest BCUT2D eigenvalue weighted by molar-refractivity contribution is -0.168. The summed E-state index contributed by atoms with van der Waals surface area (Å²) in [5.41, 5.74) is -1.12. The van der Waals surface area contributed by atoms with Gasteiger partial charge in [-0.3, -0.25) is 9.98 Å². The van der Waals surface area contributed by atoms with Gasteiger partial charge in [-0.1, -0.05) is 29.8 Å². The summed E-state index contributed by atoms with van der Waals surface area (Å²) in [6.07, 6.45) is 1.63. The molecule has 0 unspecified atom stereocenters. The fourth-order valence-electron chi connectivity index (χ4n) is 3.25. The number of nitrogens with one attached hydrogen (secondary N) is 1. The number of nitrogens with zero attached hydrogens (tertiary/aromatic N) is 2. The summed E-state index contributed by atoms with van der Waals surface area (Å²) in [7, 11) is 4.70. The highest BCUT2D eigenvalue weighted by Gasteiger charge is 2.48. The molecule has 0 saturated heterocycles. The standard InChI is InChI=1S/C25H32ClF2N3O4/c1-7-30-19-14-20(34-6)21(35-12-11-33-5)13-17(19)23(29-4)31-15-16-9-8-10-18(22(16)26)25(27,28)24(2,3)32/h7-10,13-14,32H,11-12,15H2,1-6H3,(H,29,31)/b30-7+. The summed E-state index contributed by atoms with van der Waals surface area (Å²) in [4.78, 5) is 8.74. The highest BCUT2D eigenvalue weighted by molar-refractivity contribution is 6.32. The van der Waals surface area contributed by atoms with Crippen LogP contribution in [-0.2, 0) is 17.2 Å². The van der Waals surface area contributed by atoms with Crippen molar-refractivity contribution >= 4 is 29.3 Å². The molecule has 2 N–H and O–H groups in total. The van der Waals surface area contributed by atoms with Gasteiger partial charge in [0.1, 0.15) is 18.0 Å². The van der Waals surface area contributed by atoms with E-state index in [1.54, 1.807) is 45.5 Å². The molecule has 0 radical (unpaired) electrons. The molecule has 0 aliphatic heterocycles. The molecular formula is C25H32ClF2N3O4. The average molecular weight is 512 g/mol. The Balaban J connectivity index is 2.41. The van der Waals surface area contributed by atoms with Gasteiger partial charge in [0, 0.05) is 44.1 Å². The predicted octanol–water partition coefficient (Wildman–Crippen LogP) is 5.12. The highest BCUT2D eigenvalue weighted by Crippen LogP contribution is 2.43. The maximum atomic E-state index is 14.8. The SMILES string of the molecule is C/C=N/c1cc(OC)c(OCCOC)cc1/C(=N\C)NCc1cccc(C(F)(F)C(C)(C)O)c1Cl. The van der Waals surface area contributed by atoms with Crippen LogP contribution in [0.3, 0.4) is 0 Å². The molecule has 0 heterocycles. The van der Waals surface area contributed by atoms with Crippen LogP contribution in [0, 0.1) is 0 Å². The maximum absolute atomic E-state index is 14.8. The summed E-state index contributed by atoms with van der Waals surface area (Å²) in [5, 5.41) is 13.0. The van der Waals surface area contributed by atoms with Gasteiger partial charge in [0.15, 0.2) is 11.5 Å². The number of amidine groups is 1. The third kappa shape index (κ3) is 6.68. The van der Waals surface area contributed by atoms with Crippen molar-refractivity contribution in [2.75, 3.05) is 34.5 Å². The fourth-order valence-corrected chi connectivity index (χ4v) is 3.57. The Morgan fingerprint density at radius 3 is 2.46 bits per heavy atom. The van der Waals surface area contributed by atoms with E-state index in [1.807, 2.05) is 0 Å². The molecule has 7 nitrogen and oxygen atoms in total. The lowest BCUT2D eigenvalue weighted by Crippen LogP contribution is -2.40. The number of methoxy groups -OCH3 is 2. The van der Waals surface area contributed by atoms with Gasteiger partial charge in [-0.25, -0.2) is 0 Å². The Labute approximate surface area is 209 Å². The van der Waals surface area contributed by atoms with Crippen LogP contribution >= 0.6 is 11.6 Å². The molecule has 10 heteroatoms. The van der Waals surface area contributed by atoms with Gasteiger partial charge in [0.05, 0.1) is 24.4 Å². The van der Waals surface area contributed by atoms with Crippen LogP contribution < -0.4 is 14.8 Å². The van der Waals surface area contributed by atoms with Gasteiger partial charge < -0.3 is 24.6 Å². The Bertz CT molecular complexity index is 1070. The lowest BCUT2D eigenvalue weighted by Gasteiger charge is -2.30. The van der Waals surface area contributed by atoms with Crippen molar-refractivity contribution < 1.29 is 28.1 Å². The zero-order chi connectivity index (χ0) is 26.2. The Kier molecular flexibility index (Phi) is 10.00. The first kappa shape index (κ1) is 28.5. The number of ether oxygens (including phenoxy) is 3. The van der Waals surface area contributed by atoms with Crippen molar-refractivity contribution in [2.45, 2.75) is 38.8 Å². The van der Waals surface area contributed by atoms with Gasteiger partial charge in [0.25, 0.3) is 0 Å². The number of alkyl halides is 2. The first-order valence-corrected chi connectivity index (χ1v) is 11.3. The monoisotopic (exact) mass is 511 g/mol. The number of benzene rings is 2. The largest absolute Gasteiger partial charge is 0.493 e. The van der Waals surface area contributed by atoms with Crippen molar-refractivity contribution in [1.82, 2.24) is 5.32 Å². The molecule has 0 aliphatic rings. The second-order valence-corrected chi connectivity index (χ2v) is 8.46. The first-order chi connectivity index (χ1) is 16.5. The third-order valence-electron chi connectivity index (χ3n) is 5.21. The molecule has 2 aromatic rings. The van der Waals surface area contributed by atoms with Crippen molar-refractivity contribution in [1.29, 1.82) is 0 Å². The second-order valence-electron chi connectivity index (χ2n) is 8.09. The minimum absolute atomic E-state index is 0.0997. The molecule has 0 amide bonds. The molecule has 192 valence electrons. The normalized spacial score (nSPS) is 12.8. The van der Waals surface area contributed by atoms with Crippen LogP contribution in [0.5, 0.6) is 11.5 Å². The lowest BCUT2D eigenvalue weighted by atomic mass is 9.92. The minimum atomic E-state index is -3.55. The van der Waals surface area contributed by atoms with Crippen LogP contribution in [-0.4, -0.2) is 57.2 Å².